The number of nitrogens with two attached hydrogens (primary N) is 1. The Hall–Kier alpha value is -1.77. The van der Waals surface area contributed by atoms with E-state index in [9.17, 15) is 13.2 Å². The zero-order valence-corrected chi connectivity index (χ0v) is 20.7. The Kier molecular flexibility index (Phi) is 6.25. The maximum absolute atomic E-state index is 12.4. The molecule has 2 aromatic heterocycles. The average Bonchev–Trinajstić information content (AvgIpc) is 3.21. The number of aryl methyl sites for hydroxylation is 2. The van der Waals surface area contributed by atoms with Gasteiger partial charge in [-0.15, -0.1) is 0 Å². The van der Waals surface area contributed by atoms with Crippen LogP contribution in [-0.2, 0) is 23.0 Å². The number of nitrogens with one attached hydrogen (secondary N) is 1. The third-order valence-electron chi connectivity index (χ3n) is 4.80. The molecule has 1 aromatic carbocycles. The van der Waals surface area contributed by atoms with Crippen molar-refractivity contribution in [3.05, 3.63) is 33.2 Å². The Bertz CT molecular complexity index is 1290. The molecule has 0 aliphatic heterocycles. The van der Waals surface area contributed by atoms with Gasteiger partial charge >= 0.3 is 0 Å². The van der Waals surface area contributed by atoms with E-state index >= 15 is 0 Å². The highest BCUT2D eigenvalue weighted by Crippen LogP contribution is 2.37. The number of imidazole rings is 1. The highest BCUT2D eigenvalue weighted by atomic mass is 127. The molecule has 2 heterocycles. The number of Topliss-reactive ketones (excluding diaryl/α,β-unsaturated/α-hetero) is 1. The number of benzene rings is 1. The van der Waals surface area contributed by atoms with Gasteiger partial charge in [0.15, 0.2) is 27.9 Å². The van der Waals surface area contributed by atoms with E-state index in [0.29, 0.717) is 22.7 Å². The number of fused-ring (bicyclic) bond motifs is 2. The summed E-state index contributed by atoms with van der Waals surface area (Å²) < 4.78 is 30.1. The molecular formula is C19H21IN6O3S2. The minimum absolute atomic E-state index is 0.131. The normalized spacial score (nSPS) is 14.0. The van der Waals surface area contributed by atoms with Crippen molar-refractivity contribution in [1.82, 2.24) is 24.2 Å². The number of sulfonamides is 1. The van der Waals surface area contributed by atoms with E-state index in [0.717, 1.165) is 26.0 Å². The standard InChI is InChI=1S/C19H21IN6O3S2/c1-10(2)25-31(28,29)6-5-26-18-16(17(21)22-9-23-18)24-19(26)30-15-8-12-11(7-13(15)20)3-4-14(12)27/h7-10,25H,3-6H2,1-2H3,(H2,21,22,23). The third kappa shape index (κ3) is 4.71. The number of carbonyl (C=O) groups excluding carboxylic acids is 1. The molecule has 164 valence electrons. The van der Waals surface area contributed by atoms with Gasteiger partial charge in [-0.05, 0) is 60.6 Å². The van der Waals surface area contributed by atoms with Gasteiger partial charge in [0.2, 0.25) is 10.0 Å². The minimum Gasteiger partial charge on any atom is -0.382 e. The maximum atomic E-state index is 12.4. The summed E-state index contributed by atoms with van der Waals surface area (Å²) in [6.07, 6.45) is 2.63. The van der Waals surface area contributed by atoms with Gasteiger partial charge < -0.3 is 10.3 Å². The summed E-state index contributed by atoms with van der Waals surface area (Å²) in [6.45, 7) is 3.70. The molecular weight excluding hydrogens is 551 g/mol. The summed E-state index contributed by atoms with van der Waals surface area (Å²) in [4.78, 5) is 25.9. The van der Waals surface area contributed by atoms with Gasteiger partial charge in [0.1, 0.15) is 6.33 Å². The molecule has 0 atom stereocenters. The van der Waals surface area contributed by atoms with Gasteiger partial charge in [-0.2, -0.15) is 0 Å². The predicted molar refractivity (Wildman–Crippen MR) is 128 cm³/mol. The largest absolute Gasteiger partial charge is 0.382 e. The van der Waals surface area contributed by atoms with Crippen LogP contribution < -0.4 is 10.5 Å². The third-order valence-corrected chi connectivity index (χ3v) is 8.67. The molecule has 0 fully saturated rings. The number of nitrogens with zero attached hydrogens (tertiary/aromatic N) is 4. The highest BCUT2D eigenvalue weighted by Gasteiger charge is 2.24. The summed E-state index contributed by atoms with van der Waals surface area (Å²) in [5, 5.41) is 0.547. The van der Waals surface area contributed by atoms with Crippen LogP contribution in [0.15, 0.2) is 28.5 Å². The fraction of sp³-hybridized carbons (Fsp3) is 0.368. The van der Waals surface area contributed by atoms with E-state index in [2.05, 4.69) is 42.3 Å². The SMILES string of the molecule is CC(C)NS(=O)(=O)CCn1c(Sc2cc3c(cc2I)CCC3=O)nc2c(N)ncnc21. The molecule has 12 heteroatoms. The number of hydrogen-bond acceptors (Lipinski definition) is 8. The van der Waals surface area contributed by atoms with Gasteiger partial charge in [0.25, 0.3) is 0 Å². The molecule has 0 amide bonds. The van der Waals surface area contributed by atoms with E-state index in [1.807, 2.05) is 12.1 Å². The Morgan fingerprint density at radius 1 is 1.29 bits per heavy atom. The summed E-state index contributed by atoms with van der Waals surface area (Å²) in [5.74, 6) is 0.240. The summed E-state index contributed by atoms with van der Waals surface area (Å²) in [5.41, 5.74) is 8.69. The van der Waals surface area contributed by atoms with Crippen molar-refractivity contribution in [2.24, 2.45) is 0 Å². The van der Waals surface area contributed by atoms with Crippen molar-refractivity contribution in [3.63, 3.8) is 0 Å². The number of carbonyl (C=O) groups is 1. The number of hydrogen-bond donors (Lipinski definition) is 2. The number of aromatic nitrogens is 4. The molecule has 0 spiro atoms. The van der Waals surface area contributed by atoms with Gasteiger partial charge in [-0.1, -0.05) is 11.8 Å². The zero-order chi connectivity index (χ0) is 22.3. The van der Waals surface area contributed by atoms with Crippen LogP contribution in [0.25, 0.3) is 11.2 Å². The Labute approximate surface area is 197 Å². The first kappa shape index (κ1) is 22.4. The van der Waals surface area contributed by atoms with Crippen molar-refractivity contribution in [2.75, 3.05) is 11.5 Å². The summed E-state index contributed by atoms with van der Waals surface area (Å²) in [7, 11) is -3.48. The number of halogens is 1. The van der Waals surface area contributed by atoms with E-state index < -0.39 is 10.0 Å². The fourth-order valence-electron chi connectivity index (χ4n) is 3.46. The van der Waals surface area contributed by atoms with E-state index in [1.54, 1.807) is 18.4 Å². The first-order valence-corrected chi connectivity index (χ1v) is 13.2. The number of anilines is 1. The molecule has 1 aliphatic carbocycles. The number of ketones is 1. The first-order chi connectivity index (χ1) is 14.6. The Morgan fingerprint density at radius 3 is 2.81 bits per heavy atom. The predicted octanol–water partition coefficient (Wildman–Crippen LogP) is 2.62. The second-order valence-corrected chi connectivity index (χ2v) is 11.6. The Balaban J connectivity index is 1.73. The number of nitrogen functional groups attached to an aromatic ring is 1. The fourth-order valence-corrected chi connectivity index (χ4v) is 6.54. The van der Waals surface area contributed by atoms with Crippen LogP contribution in [0.2, 0.25) is 0 Å². The molecule has 0 radical (unpaired) electrons. The van der Waals surface area contributed by atoms with Crippen molar-refractivity contribution in [2.45, 2.75) is 49.3 Å². The van der Waals surface area contributed by atoms with Crippen LogP contribution in [0.5, 0.6) is 0 Å². The molecule has 0 bridgehead atoms. The first-order valence-electron chi connectivity index (χ1n) is 9.65. The topological polar surface area (TPSA) is 133 Å². The van der Waals surface area contributed by atoms with Crippen LogP contribution in [0.3, 0.4) is 0 Å². The minimum atomic E-state index is -3.48. The number of rotatable bonds is 7. The lowest BCUT2D eigenvalue weighted by atomic mass is 10.1. The van der Waals surface area contributed by atoms with Crippen molar-refractivity contribution in [1.29, 1.82) is 0 Å². The van der Waals surface area contributed by atoms with Gasteiger partial charge in [0, 0.05) is 33.0 Å². The van der Waals surface area contributed by atoms with E-state index in [4.69, 9.17) is 5.73 Å². The van der Waals surface area contributed by atoms with Crippen molar-refractivity contribution < 1.29 is 13.2 Å². The highest BCUT2D eigenvalue weighted by molar-refractivity contribution is 14.1. The molecule has 31 heavy (non-hydrogen) atoms. The monoisotopic (exact) mass is 572 g/mol. The van der Waals surface area contributed by atoms with Gasteiger partial charge in [-0.3, -0.25) is 4.79 Å². The average molecular weight is 572 g/mol. The molecule has 0 unspecified atom stereocenters. The molecule has 3 aromatic rings. The Morgan fingerprint density at radius 2 is 2.06 bits per heavy atom. The van der Waals surface area contributed by atoms with Gasteiger partial charge in [-0.25, -0.2) is 28.1 Å². The smallest absolute Gasteiger partial charge is 0.213 e. The van der Waals surface area contributed by atoms with Crippen LogP contribution in [0, 0.1) is 3.57 Å². The summed E-state index contributed by atoms with van der Waals surface area (Å²) in [6, 6.07) is 3.73. The van der Waals surface area contributed by atoms with Crippen molar-refractivity contribution >= 4 is 67.1 Å². The van der Waals surface area contributed by atoms with Gasteiger partial charge in [0.05, 0.1) is 5.75 Å². The van der Waals surface area contributed by atoms with E-state index in [1.165, 1.54) is 18.1 Å². The van der Waals surface area contributed by atoms with Crippen molar-refractivity contribution in [3.8, 4) is 0 Å². The van der Waals surface area contributed by atoms with Crippen LogP contribution >= 0.6 is 34.4 Å². The van der Waals surface area contributed by atoms with Crippen LogP contribution in [0.4, 0.5) is 5.82 Å². The summed E-state index contributed by atoms with van der Waals surface area (Å²) >= 11 is 3.61. The second kappa shape index (κ2) is 8.64. The quantitative estimate of drug-likeness (QED) is 0.413. The van der Waals surface area contributed by atoms with Crippen LogP contribution in [0.1, 0.15) is 36.2 Å². The zero-order valence-electron chi connectivity index (χ0n) is 16.9. The molecule has 0 saturated carbocycles. The molecule has 0 saturated heterocycles. The maximum Gasteiger partial charge on any atom is 0.213 e. The second-order valence-electron chi connectivity index (χ2n) is 7.53. The lowest BCUT2D eigenvalue weighted by Gasteiger charge is -2.12. The van der Waals surface area contributed by atoms with E-state index in [-0.39, 0.29) is 29.9 Å². The molecule has 4 rings (SSSR count). The molecule has 9 nitrogen and oxygen atoms in total. The lowest BCUT2D eigenvalue weighted by Crippen LogP contribution is -2.33. The lowest BCUT2D eigenvalue weighted by molar-refractivity contribution is 0.0994. The molecule has 3 N–H and O–H groups in total. The molecule has 1 aliphatic rings. The van der Waals surface area contributed by atoms with Crippen LogP contribution in [-0.4, -0.2) is 45.5 Å².